The van der Waals surface area contributed by atoms with Crippen molar-refractivity contribution in [3.05, 3.63) is 211 Å². The van der Waals surface area contributed by atoms with Gasteiger partial charge in [-0.15, -0.1) is 0 Å². The molecule has 1 aliphatic rings. The summed E-state index contributed by atoms with van der Waals surface area (Å²) in [5, 5.41) is 2.28. The summed E-state index contributed by atoms with van der Waals surface area (Å²) < 4.78 is 6.77. The predicted octanol–water partition coefficient (Wildman–Crippen LogP) is 13.3. The van der Waals surface area contributed by atoms with Crippen LogP contribution in [0, 0.1) is 0 Å². The molecule has 2 heterocycles. The van der Waals surface area contributed by atoms with Crippen molar-refractivity contribution in [3.63, 3.8) is 0 Å². The standard InChI is InChI=1S/C52H33N3O/c1-5-15-33(16-6-1)37-25-27-39(44(31-37)52-54-50(35-19-9-3-10-20-35)53-51(55-52)36-21-11-4-12-22-36)38-26-28-43-46(32-38)56-45-30-29-42-40-23-13-14-24-41(40)47(49(42)48(43)45)34-17-7-2-8-18-34/h1-32,47H. The third kappa shape index (κ3) is 5.34. The minimum Gasteiger partial charge on any atom is -0.456 e. The Labute approximate surface area is 324 Å². The number of nitrogens with zero attached hydrogens (tertiary/aromatic N) is 3. The molecule has 1 unspecified atom stereocenters. The summed E-state index contributed by atoms with van der Waals surface area (Å²) >= 11 is 0. The molecule has 4 nitrogen and oxygen atoms in total. The van der Waals surface area contributed by atoms with Crippen LogP contribution in [0.15, 0.2) is 199 Å². The van der Waals surface area contributed by atoms with Crippen LogP contribution in [0.25, 0.3) is 89.5 Å². The van der Waals surface area contributed by atoms with E-state index in [0.717, 1.165) is 55.5 Å². The number of fused-ring (bicyclic) bond motifs is 7. The minimum absolute atomic E-state index is 0.116. The van der Waals surface area contributed by atoms with Gasteiger partial charge in [0.05, 0.1) is 0 Å². The van der Waals surface area contributed by atoms with Crippen molar-refractivity contribution in [2.45, 2.75) is 5.92 Å². The average Bonchev–Trinajstić information content (AvgIpc) is 3.82. The van der Waals surface area contributed by atoms with Crippen molar-refractivity contribution in [2.24, 2.45) is 0 Å². The molecule has 0 spiro atoms. The lowest BCUT2D eigenvalue weighted by atomic mass is 9.87. The summed E-state index contributed by atoms with van der Waals surface area (Å²) in [7, 11) is 0. The van der Waals surface area contributed by atoms with Crippen LogP contribution < -0.4 is 0 Å². The normalized spacial score (nSPS) is 13.2. The lowest BCUT2D eigenvalue weighted by Gasteiger charge is -2.15. The van der Waals surface area contributed by atoms with E-state index in [1.165, 1.54) is 33.2 Å². The molecule has 1 aliphatic carbocycles. The monoisotopic (exact) mass is 715 g/mol. The molecule has 262 valence electrons. The van der Waals surface area contributed by atoms with Crippen LogP contribution in [0.2, 0.25) is 0 Å². The number of hydrogen-bond donors (Lipinski definition) is 0. The fraction of sp³-hybridized carbons (Fsp3) is 0.0192. The van der Waals surface area contributed by atoms with E-state index in [-0.39, 0.29) is 5.92 Å². The first kappa shape index (κ1) is 32.0. The Morgan fingerprint density at radius 2 is 0.929 bits per heavy atom. The maximum atomic E-state index is 6.77. The van der Waals surface area contributed by atoms with Crippen molar-refractivity contribution in [1.82, 2.24) is 15.0 Å². The van der Waals surface area contributed by atoms with E-state index in [2.05, 4.69) is 127 Å². The molecule has 10 aromatic rings. The maximum Gasteiger partial charge on any atom is 0.164 e. The van der Waals surface area contributed by atoms with Crippen molar-refractivity contribution >= 4 is 21.9 Å². The van der Waals surface area contributed by atoms with Crippen LogP contribution in [0.1, 0.15) is 22.6 Å². The number of rotatable bonds is 6. The Kier molecular flexibility index (Phi) is 7.52. The lowest BCUT2D eigenvalue weighted by molar-refractivity contribution is 0.669. The molecule has 0 saturated heterocycles. The summed E-state index contributed by atoms with van der Waals surface area (Å²) in [5.74, 6) is 1.98. The summed E-state index contributed by atoms with van der Waals surface area (Å²) in [5.41, 5.74) is 15.2. The average molecular weight is 716 g/mol. The first-order valence-corrected chi connectivity index (χ1v) is 19.0. The highest BCUT2D eigenvalue weighted by atomic mass is 16.3. The largest absolute Gasteiger partial charge is 0.456 e. The van der Waals surface area contributed by atoms with E-state index in [1.807, 2.05) is 66.7 Å². The molecule has 2 aromatic heterocycles. The lowest BCUT2D eigenvalue weighted by Crippen LogP contribution is -2.01. The maximum absolute atomic E-state index is 6.77. The minimum atomic E-state index is 0.116. The van der Waals surface area contributed by atoms with Gasteiger partial charge in [0, 0.05) is 33.4 Å². The van der Waals surface area contributed by atoms with Gasteiger partial charge in [-0.05, 0) is 74.3 Å². The molecule has 0 bridgehead atoms. The SMILES string of the molecule is c1ccc(-c2ccc(-c3ccc4c(c3)oc3ccc5c(c34)C(c3ccccc3)c3ccccc3-5)c(-c3nc(-c4ccccc4)nc(-c4ccccc4)n3)c2)cc1. The van der Waals surface area contributed by atoms with Gasteiger partial charge in [-0.1, -0.05) is 170 Å². The first-order chi connectivity index (χ1) is 27.8. The highest BCUT2D eigenvalue weighted by Gasteiger charge is 2.33. The molecule has 0 aliphatic heterocycles. The topological polar surface area (TPSA) is 51.8 Å². The van der Waals surface area contributed by atoms with E-state index < -0.39 is 0 Å². The van der Waals surface area contributed by atoms with Crippen LogP contribution in [0.3, 0.4) is 0 Å². The number of benzene rings is 8. The molecule has 0 amide bonds. The third-order valence-corrected chi connectivity index (χ3v) is 11.0. The van der Waals surface area contributed by atoms with Gasteiger partial charge in [-0.3, -0.25) is 0 Å². The Bertz CT molecular complexity index is 3010. The quantitative estimate of drug-likeness (QED) is 0.172. The van der Waals surface area contributed by atoms with Crippen molar-refractivity contribution < 1.29 is 4.42 Å². The van der Waals surface area contributed by atoms with Gasteiger partial charge in [-0.25, -0.2) is 15.0 Å². The molecule has 56 heavy (non-hydrogen) atoms. The molecular weight excluding hydrogens is 683 g/mol. The Hall–Kier alpha value is -7.43. The number of hydrogen-bond acceptors (Lipinski definition) is 4. The molecule has 0 radical (unpaired) electrons. The number of furan rings is 1. The van der Waals surface area contributed by atoms with Gasteiger partial charge in [0.15, 0.2) is 17.5 Å². The molecule has 8 aromatic carbocycles. The van der Waals surface area contributed by atoms with E-state index in [1.54, 1.807) is 0 Å². The number of aromatic nitrogens is 3. The zero-order valence-electron chi connectivity index (χ0n) is 30.3. The molecule has 0 fully saturated rings. The van der Waals surface area contributed by atoms with E-state index in [0.29, 0.717) is 17.5 Å². The van der Waals surface area contributed by atoms with Crippen molar-refractivity contribution in [3.8, 4) is 67.5 Å². The van der Waals surface area contributed by atoms with Crippen molar-refractivity contribution in [2.75, 3.05) is 0 Å². The fourth-order valence-corrected chi connectivity index (χ4v) is 8.46. The predicted molar refractivity (Wildman–Crippen MR) is 227 cm³/mol. The van der Waals surface area contributed by atoms with Crippen LogP contribution in [0.4, 0.5) is 0 Å². The van der Waals surface area contributed by atoms with Gasteiger partial charge in [0.25, 0.3) is 0 Å². The molecule has 0 N–H and O–H groups in total. The zero-order chi connectivity index (χ0) is 37.0. The first-order valence-electron chi connectivity index (χ1n) is 19.0. The highest BCUT2D eigenvalue weighted by Crippen LogP contribution is 2.52. The van der Waals surface area contributed by atoms with E-state index >= 15 is 0 Å². The van der Waals surface area contributed by atoms with Crippen LogP contribution in [-0.2, 0) is 0 Å². The second kappa shape index (κ2) is 13.2. The Morgan fingerprint density at radius 1 is 0.357 bits per heavy atom. The highest BCUT2D eigenvalue weighted by molar-refractivity contribution is 6.11. The van der Waals surface area contributed by atoms with Crippen molar-refractivity contribution in [1.29, 1.82) is 0 Å². The Morgan fingerprint density at radius 3 is 1.62 bits per heavy atom. The van der Waals surface area contributed by atoms with Crippen LogP contribution >= 0.6 is 0 Å². The van der Waals surface area contributed by atoms with Gasteiger partial charge in [-0.2, -0.15) is 0 Å². The molecule has 0 saturated carbocycles. The van der Waals surface area contributed by atoms with Crippen LogP contribution in [0.5, 0.6) is 0 Å². The summed E-state index contributed by atoms with van der Waals surface area (Å²) in [6.45, 7) is 0. The van der Waals surface area contributed by atoms with E-state index in [9.17, 15) is 0 Å². The zero-order valence-corrected chi connectivity index (χ0v) is 30.3. The molecule has 4 heteroatoms. The summed E-state index contributed by atoms with van der Waals surface area (Å²) in [6.07, 6.45) is 0. The van der Waals surface area contributed by atoms with Gasteiger partial charge >= 0.3 is 0 Å². The van der Waals surface area contributed by atoms with Crippen LogP contribution in [-0.4, -0.2) is 15.0 Å². The smallest absolute Gasteiger partial charge is 0.164 e. The molecular formula is C52H33N3O. The second-order valence-corrected chi connectivity index (χ2v) is 14.3. The van der Waals surface area contributed by atoms with Gasteiger partial charge in [0.2, 0.25) is 0 Å². The van der Waals surface area contributed by atoms with Gasteiger partial charge < -0.3 is 4.42 Å². The summed E-state index contributed by atoms with van der Waals surface area (Å²) in [4.78, 5) is 15.3. The fourth-order valence-electron chi connectivity index (χ4n) is 8.46. The second-order valence-electron chi connectivity index (χ2n) is 14.3. The molecule has 1 atom stereocenters. The molecule has 11 rings (SSSR count). The Balaban J connectivity index is 1.12. The third-order valence-electron chi connectivity index (χ3n) is 11.0. The summed E-state index contributed by atoms with van der Waals surface area (Å²) in [6, 6.07) is 67.9. The van der Waals surface area contributed by atoms with E-state index in [4.69, 9.17) is 19.4 Å². The van der Waals surface area contributed by atoms with Gasteiger partial charge in [0.1, 0.15) is 11.2 Å².